The molecule has 0 N–H and O–H groups in total. The molecule has 0 aliphatic carbocycles. The number of hydrogen-bond acceptors (Lipinski definition) is 4. The van der Waals surface area contributed by atoms with E-state index in [4.69, 9.17) is 0 Å². The lowest BCUT2D eigenvalue weighted by atomic mass is 9.33. The SMILES string of the molecule is CC(C)(C)c1ccc2c(c1)c1c3c4c(c5c6cc(C(C)(C)C)ccc6n2c15)N(c1cncnc1)c1ccccc1B4c1ccccc1N3c1ccccc1. The number of anilines is 6. The van der Waals surface area contributed by atoms with Crippen LogP contribution in [0.1, 0.15) is 52.7 Å². The maximum Gasteiger partial charge on any atom is 0.252 e. The molecule has 2 aliphatic heterocycles. The van der Waals surface area contributed by atoms with Gasteiger partial charge in [-0.3, -0.25) is 0 Å². The molecule has 5 heterocycles. The van der Waals surface area contributed by atoms with Gasteiger partial charge in [-0.2, -0.15) is 0 Å². The van der Waals surface area contributed by atoms with Crippen molar-refractivity contribution < 1.29 is 0 Å². The normalized spacial score (nSPS) is 14.0. The number of para-hydroxylation sites is 3. The fraction of sp³-hybridized carbons (Fsp3) is 0.167. The van der Waals surface area contributed by atoms with Gasteiger partial charge in [0, 0.05) is 38.6 Å². The fourth-order valence-electron chi connectivity index (χ4n) is 9.48. The molecule has 0 saturated heterocycles. The minimum Gasteiger partial charge on any atom is -0.311 e. The van der Waals surface area contributed by atoms with Crippen molar-refractivity contribution in [1.82, 2.24) is 14.4 Å². The Bertz CT molecular complexity index is 2770. The zero-order valence-electron chi connectivity index (χ0n) is 31.5. The highest BCUT2D eigenvalue weighted by Crippen LogP contribution is 2.54. The van der Waals surface area contributed by atoms with Crippen molar-refractivity contribution in [3.8, 4) is 0 Å². The third kappa shape index (κ3) is 4.11. The minimum atomic E-state index is -0.0222. The van der Waals surface area contributed by atoms with Gasteiger partial charge in [-0.05, 0) is 86.9 Å². The lowest BCUT2D eigenvalue weighted by Gasteiger charge is -2.44. The standard InChI is InChI=1S/C48H40BN5/c1-47(2,3)29-20-22-37-33(24-29)41-44-42(34-25-30(48(4,5)6)21-23-38(34)54(37)44)46-43-45(41)52(31-14-8-7-9-15-31)39-18-12-10-16-35(39)49(43)36-17-11-13-19-40(36)53(46)32-26-50-28-51-27-32/h7-28H,1-6H3. The molecular weight excluding hydrogens is 657 g/mol. The molecule has 0 atom stereocenters. The van der Waals surface area contributed by atoms with Crippen molar-refractivity contribution in [2.24, 2.45) is 0 Å². The summed E-state index contributed by atoms with van der Waals surface area (Å²) in [6, 6.07) is 43.3. The van der Waals surface area contributed by atoms with Gasteiger partial charge in [0.1, 0.15) is 6.33 Å². The van der Waals surface area contributed by atoms with E-state index in [9.17, 15) is 0 Å². The summed E-state index contributed by atoms with van der Waals surface area (Å²) < 4.78 is 2.56. The summed E-state index contributed by atoms with van der Waals surface area (Å²) in [5, 5.41) is 5.13. The highest BCUT2D eigenvalue weighted by Gasteiger charge is 2.46. The number of hydrogen-bond donors (Lipinski definition) is 0. The van der Waals surface area contributed by atoms with E-state index in [-0.39, 0.29) is 17.5 Å². The second kappa shape index (κ2) is 10.7. The van der Waals surface area contributed by atoms with Gasteiger partial charge in [-0.25, -0.2) is 9.97 Å². The number of nitrogens with zero attached hydrogens (tertiary/aromatic N) is 5. The summed E-state index contributed by atoms with van der Waals surface area (Å²) in [7, 11) is 0. The zero-order valence-corrected chi connectivity index (χ0v) is 31.5. The molecule has 54 heavy (non-hydrogen) atoms. The first-order chi connectivity index (χ1) is 26.1. The smallest absolute Gasteiger partial charge is 0.252 e. The van der Waals surface area contributed by atoms with Crippen LogP contribution in [0.5, 0.6) is 0 Å². The summed E-state index contributed by atoms with van der Waals surface area (Å²) >= 11 is 0. The third-order valence-corrected chi connectivity index (χ3v) is 12.0. The van der Waals surface area contributed by atoms with Crippen molar-refractivity contribution >= 4 is 95.3 Å². The first-order valence-electron chi connectivity index (χ1n) is 19.0. The van der Waals surface area contributed by atoms with Gasteiger partial charge in [0.15, 0.2) is 0 Å². The predicted molar refractivity (Wildman–Crippen MR) is 228 cm³/mol. The first kappa shape index (κ1) is 31.4. The van der Waals surface area contributed by atoms with Crippen molar-refractivity contribution in [3.05, 3.63) is 145 Å². The molecule has 0 unspecified atom stereocenters. The quantitative estimate of drug-likeness (QED) is 0.169. The summed E-state index contributed by atoms with van der Waals surface area (Å²) in [5.41, 5.74) is 17.1. The Balaban J connectivity index is 1.46. The van der Waals surface area contributed by atoms with E-state index in [0.29, 0.717) is 0 Å². The Morgan fingerprint density at radius 2 is 1.00 bits per heavy atom. The van der Waals surface area contributed by atoms with Gasteiger partial charge in [-0.1, -0.05) is 108 Å². The summed E-state index contributed by atoms with van der Waals surface area (Å²) in [6.07, 6.45) is 5.56. The lowest BCUT2D eigenvalue weighted by molar-refractivity contribution is 0.591. The molecule has 6 aromatic carbocycles. The van der Waals surface area contributed by atoms with E-state index >= 15 is 0 Å². The fourth-order valence-corrected chi connectivity index (χ4v) is 9.48. The van der Waals surface area contributed by atoms with E-state index in [1.165, 1.54) is 82.7 Å². The molecule has 0 saturated carbocycles. The first-order valence-corrected chi connectivity index (χ1v) is 19.0. The molecule has 0 spiro atoms. The minimum absolute atomic E-state index is 0.00272. The van der Waals surface area contributed by atoms with Crippen LogP contribution < -0.4 is 26.2 Å². The largest absolute Gasteiger partial charge is 0.311 e. The predicted octanol–water partition coefficient (Wildman–Crippen LogP) is 10.3. The van der Waals surface area contributed by atoms with E-state index in [0.717, 1.165) is 17.1 Å². The molecule has 3 aromatic heterocycles. The number of benzene rings is 6. The van der Waals surface area contributed by atoms with E-state index in [1.807, 2.05) is 12.4 Å². The molecule has 6 heteroatoms. The summed E-state index contributed by atoms with van der Waals surface area (Å²) in [6.45, 7) is 13.9. The number of aromatic nitrogens is 3. The van der Waals surface area contributed by atoms with Crippen LogP contribution >= 0.6 is 0 Å². The van der Waals surface area contributed by atoms with Crippen LogP contribution in [-0.4, -0.2) is 21.1 Å². The Kier molecular flexibility index (Phi) is 6.24. The molecule has 260 valence electrons. The topological polar surface area (TPSA) is 36.7 Å². The van der Waals surface area contributed by atoms with Crippen LogP contribution in [0.3, 0.4) is 0 Å². The van der Waals surface area contributed by atoms with Crippen molar-refractivity contribution in [1.29, 1.82) is 0 Å². The van der Waals surface area contributed by atoms with Gasteiger partial charge in [0.05, 0.1) is 46.0 Å². The maximum atomic E-state index is 4.60. The highest BCUT2D eigenvalue weighted by molar-refractivity contribution is 7.01. The number of rotatable bonds is 2. The monoisotopic (exact) mass is 697 g/mol. The molecular formula is C48H40BN5. The van der Waals surface area contributed by atoms with Gasteiger partial charge in [0.25, 0.3) is 6.71 Å². The second-order valence-corrected chi connectivity index (χ2v) is 17.2. The Morgan fingerprint density at radius 3 is 1.52 bits per heavy atom. The van der Waals surface area contributed by atoms with Gasteiger partial charge < -0.3 is 14.2 Å². The highest BCUT2D eigenvalue weighted by atomic mass is 15.2. The van der Waals surface area contributed by atoms with Crippen LogP contribution in [0.2, 0.25) is 0 Å². The maximum absolute atomic E-state index is 4.60. The second-order valence-electron chi connectivity index (χ2n) is 17.2. The van der Waals surface area contributed by atoms with E-state index in [2.05, 4.69) is 181 Å². The van der Waals surface area contributed by atoms with Crippen molar-refractivity contribution in [2.45, 2.75) is 52.4 Å². The van der Waals surface area contributed by atoms with Crippen molar-refractivity contribution in [3.63, 3.8) is 0 Å². The molecule has 0 fully saturated rings. The summed E-state index contributed by atoms with van der Waals surface area (Å²) in [5.74, 6) is 0. The van der Waals surface area contributed by atoms with E-state index < -0.39 is 0 Å². The molecule has 0 radical (unpaired) electrons. The molecule has 0 amide bonds. The van der Waals surface area contributed by atoms with Crippen LogP contribution in [0.15, 0.2) is 134 Å². The van der Waals surface area contributed by atoms with Gasteiger partial charge in [0.2, 0.25) is 0 Å². The Morgan fingerprint density at radius 1 is 0.519 bits per heavy atom. The average Bonchev–Trinajstić information content (AvgIpc) is 3.69. The van der Waals surface area contributed by atoms with Crippen LogP contribution in [0, 0.1) is 0 Å². The van der Waals surface area contributed by atoms with Gasteiger partial charge in [-0.15, -0.1) is 0 Å². The Labute approximate surface area is 315 Å². The molecule has 9 aromatic rings. The third-order valence-electron chi connectivity index (χ3n) is 12.0. The van der Waals surface area contributed by atoms with Crippen molar-refractivity contribution in [2.75, 3.05) is 9.80 Å². The molecule has 2 aliphatic rings. The average molecular weight is 698 g/mol. The lowest BCUT2D eigenvalue weighted by Crippen LogP contribution is -2.61. The van der Waals surface area contributed by atoms with Crippen LogP contribution in [0.4, 0.5) is 34.1 Å². The Hall–Kier alpha value is -6.14. The zero-order chi connectivity index (χ0) is 36.7. The molecule has 0 bridgehead atoms. The van der Waals surface area contributed by atoms with Gasteiger partial charge >= 0.3 is 0 Å². The summed E-state index contributed by atoms with van der Waals surface area (Å²) in [4.78, 5) is 14.2. The van der Waals surface area contributed by atoms with E-state index in [1.54, 1.807) is 6.33 Å². The van der Waals surface area contributed by atoms with Crippen LogP contribution in [0.25, 0.3) is 38.1 Å². The number of fused-ring (bicyclic) bond motifs is 12. The van der Waals surface area contributed by atoms with Crippen LogP contribution in [-0.2, 0) is 10.8 Å². The molecule has 5 nitrogen and oxygen atoms in total. The molecule has 11 rings (SSSR count).